The van der Waals surface area contributed by atoms with Crippen LogP contribution in [0.1, 0.15) is 35.1 Å². The van der Waals surface area contributed by atoms with Gasteiger partial charge in [-0.15, -0.1) is 35.8 Å². The predicted octanol–water partition coefficient (Wildman–Crippen LogP) is 8.82. The van der Waals surface area contributed by atoms with Gasteiger partial charge in [-0.05, 0) is 45.4 Å². The Hall–Kier alpha value is -2.63. The Morgan fingerprint density at radius 1 is 0.806 bits per heavy atom. The normalized spacial score (nSPS) is 9.39. The van der Waals surface area contributed by atoms with Crippen LogP contribution in [0.5, 0.6) is 0 Å². The first-order valence-electron chi connectivity index (χ1n) is 10.1. The molecule has 4 rings (SSSR count). The number of aryl methyl sites for hydroxylation is 4. The van der Waals surface area contributed by atoms with Crippen molar-refractivity contribution in [3.63, 3.8) is 0 Å². The summed E-state index contributed by atoms with van der Waals surface area (Å²) in [4.78, 5) is 10.0. The van der Waals surface area contributed by atoms with E-state index in [1.807, 2.05) is 32.2 Å². The molecule has 2 aromatic carbocycles. The molecule has 0 amide bonds. The van der Waals surface area contributed by atoms with Crippen molar-refractivity contribution in [2.45, 2.75) is 41.5 Å². The molecule has 0 aliphatic carbocycles. The zero-order valence-electron chi connectivity index (χ0n) is 19.2. The molecule has 5 heteroatoms. The Kier molecular flexibility index (Phi) is 11.6. The summed E-state index contributed by atoms with van der Waals surface area (Å²) in [5.74, 6) is -0.219. The molecule has 0 N–H and O–H groups in total. The van der Waals surface area contributed by atoms with E-state index in [2.05, 4.69) is 68.2 Å². The highest BCUT2D eigenvalue weighted by molar-refractivity contribution is 7.15. The fraction of sp³-hybridized carbons (Fsp3) is 0.231. The van der Waals surface area contributed by atoms with Crippen LogP contribution >= 0.6 is 22.7 Å². The largest absolute Gasteiger partial charge is 0.246 e. The summed E-state index contributed by atoms with van der Waals surface area (Å²) in [6, 6.07) is 15.0. The molecular weight excluding hydrogens is 423 g/mol. The fourth-order valence-electron chi connectivity index (χ4n) is 2.73. The number of halogens is 1. The molecule has 0 aliphatic heterocycles. The lowest BCUT2D eigenvalue weighted by Gasteiger charge is -1.99. The highest BCUT2D eigenvalue weighted by Crippen LogP contribution is 2.29. The van der Waals surface area contributed by atoms with Gasteiger partial charge in [0.1, 0.15) is 5.82 Å². The Balaban J connectivity index is 0.000000268. The number of hydrogen-bond acceptors (Lipinski definition) is 4. The van der Waals surface area contributed by atoms with E-state index in [-0.39, 0.29) is 5.82 Å². The summed E-state index contributed by atoms with van der Waals surface area (Å²) >= 11 is 3.34. The minimum Gasteiger partial charge on any atom is -0.246 e. The third-order valence-electron chi connectivity index (χ3n) is 3.92. The molecule has 2 aromatic heterocycles. The lowest BCUT2D eigenvalue weighted by molar-refractivity contribution is 0.628. The van der Waals surface area contributed by atoms with Gasteiger partial charge in [0.05, 0.1) is 26.3 Å². The third kappa shape index (κ3) is 8.19. The summed E-state index contributed by atoms with van der Waals surface area (Å²) in [6.45, 7) is 18.2. The Bertz CT molecular complexity index is 1070. The van der Waals surface area contributed by atoms with Crippen molar-refractivity contribution in [3.05, 3.63) is 94.2 Å². The van der Waals surface area contributed by atoms with Crippen molar-refractivity contribution in [3.8, 4) is 21.7 Å². The van der Waals surface area contributed by atoms with Gasteiger partial charge in [0.25, 0.3) is 0 Å². The molecule has 0 atom stereocenters. The van der Waals surface area contributed by atoms with Crippen molar-refractivity contribution in [1.82, 2.24) is 9.97 Å². The van der Waals surface area contributed by atoms with Gasteiger partial charge in [0.15, 0.2) is 0 Å². The summed E-state index contributed by atoms with van der Waals surface area (Å²) < 4.78 is 12.8. The molecule has 31 heavy (non-hydrogen) atoms. The van der Waals surface area contributed by atoms with Gasteiger partial charge in [0.2, 0.25) is 0 Å². The number of thiazole rings is 2. The molecule has 2 heterocycles. The minimum absolute atomic E-state index is 0.219. The summed E-state index contributed by atoms with van der Waals surface area (Å²) in [6.07, 6.45) is 0. The number of aromatic nitrogens is 2. The molecule has 2 nitrogen and oxygen atoms in total. The maximum absolute atomic E-state index is 12.8. The molecule has 0 unspecified atom stereocenters. The molecule has 4 aromatic rings. The molecule has 0 bridgehead atoms. The molecule has 0 fully saturated rings. The van der Waals surface area contributed by atoms with E-state index in [0.717, 1.165) is 27.0 Å². The average Bonchev–Trinajstić information content (AvgIpc) is 3.36. The lowest BCUT2D eigenvalue weighted by Crippen LogP contribution is -1.79. The first kappa shape index (κ1) is 26.4. The van der Waals surface area contributed by atoms with Crippen molar-refractivity contribution in [2.24, 2.45) is 0 Å². The monoisotopic (exact) mass is 454 g/mol. The smallest absolute Gasteiger partial charge is 0.123 e. The van der Waals surface area contributed by atoms with E-state index in [4.69, 9.17) is 0 Å². The van der Waals surface area contributed by atoms with Gasteiger partial charge >= 0.3 is 0 Å². The second kappa shape index (κ2) is 13.6. The topological polar surface area (TPSA) is 25.8 Å². The highest BCUT2D eigenvalue weighted by atomic mass is 32.1. The molecular formula is C26H31FN2S2. The molecule has 0 spiro atoms. The minimum atomic E-state index is -0.219. The highest BCUT2D eigenvalue weighted by Gasteiger charge is 2.06. The van der Waals surface area contributed by atoms with Crippen molar-refractivity contribution < 1.29 is 4.39 Å². The SMILES string of the molecule is C=C.CC.Cc1cccc(-c2sc(C)nc2C)c1.Cc1nc(-c2cccc(F)c2)cs1. The standard InChI is InChI=1S/C12H13NS.C10H8FNS.C2H6.C2H4/c1-8-5-4-6-11(7-8)12-9(2)13-10(3)14-12;1-7-12-10(6-13-7)8-3-2-4-9(11)5-8;2*1-2/h4-7H,1-3H3;2-6H,1H3;1-2H3;1-2H2. The van der Waals surface area contributed by atoms with Crippen LogP contribution in [0.4, 0.5) is 4.39 Å². The number of rotatable bonds is 2. The molecule has 164 valence electrons. The van der Waals surface area contributed by atoms with Gasteiger partial charge < -0.3 is 0 Å². The van der Waals surface area contributed by atoms with E-state index in [0.29, 0.717) is 0 Å². The molecule has 0 aliphatic rings. The first-order valence-corrected chi connectivity index (χ1v) is 11.8. The second-order valence-electron chi connectivity index (χ2n) is 6.28. The zero-order valence-corrected chi connectivity index (χ0v) is 20.8. The Labute approximate surface area is 194 Å². The quantitative estimate of drug-likeness (QED) is 0.283. The van der Waals surface area contributed by atoms with E-state index in [1.165, 1.54) is 28.1 Å². The predicted molar refractivity (Wildman–Crippen MR) is 137 cm³/mol. The van der Waals surface area contributed by atoms with E-state index in [1.54, 1.807) is 28.7 Å². The van der Waals surface area contributed by atoms with Crippen molar-refractivity contribution in [2.75, 3.05) is 0 Å². The van der Waals surface area contributed by atoms with Crippen LogP contribution < -0.4 is 0 Å². The fourth-order valence-corrected chi connectivity index (χ4v) is 4.27. The zero-order chi connectivity index (χ0) is 23.4. The first-order chi connectivity index (χ1) is 14.9. The van der Waals surface area contributed by atoms with E-state index < -0.39 is 0 Å². The summed E-state index contributed by atoms with van der Waals surface area (Å²) in [5.41, 5.74) is 5.41. The Morgan fingerprint density at radius 2 is 1.45 bits per heavy atom. The van der Waals surface area contributed by atoms with Crippen LogP contribution in [0.15, 0.2) is 67.1 Å². The number of hydrogen-bond donors (Lipinski definition) is 0. The van der Waals surface area contributed by atoms with Crippen LogP contribution in [-0.4, -0.2) is 9.97 Å². The van der Waals surface area contributed by atoms with Gasteiger partial charge in [0, 0.05) is 10.9 Å². The van der Waals surface area contributed by atoms with Crippen LogP contribution in [0, 0.1) is 33.5 Å². The van der Waals surface area contributed by atoms with Gasteiger partial charge in [-0.1, -0.05) is 55.8 Å². The second-order valence-corrected chi connectivity index (χ2v) is 8.54. The van der Waals surface area contributed by atoms with Gasteiger partial charge in [-0.3, -0.25) is 0 Å². The summed E-state index contributed by atoms with van der Waals surface area (Å²) in [5, 5.41) is 4.07. The maximum atomic E-state index is 12.8. The van der Waals surface area contributed by atoms with Crippen LogP contribution in [0.3, 0.4) is 0 Å². The van der Waals surface area contributed by atoms with Crippen molar-refractivity contribution in [1.29, 1.82) is 0 Å². The van der Waals surface area contributed by atoms with Gasteiger partial charge in [-0.2, -0.15) is 0 Å². The van der Waals surface area contributed by atoms with Gasteiger partial charge in [-0.25, -0.2) is 14.4 Å². The van der Waals surface area contributed by atoms with Crippen molar-refractivity contribution >= 4 is 22.7 Å². The Morgan fingerprint density at radius 3 is 1.97 bits per heavy atom. The average molecular weight is 455 g/mol. The molecule has 0 radical (unpaired) electrons. The van der Waals surface area contributed by atoms with Crippen LogP contribution in [-0.2, 0) is 0 Å². The van der Waals surface area contributed by atoms with Crippen LogP contribution in [0.25, 0.3) is 21.7 Å². The van der Waals surface area contributed by atoms with Crippen LogP contribution in [0.2, 0.25) is 0 Å². The maximum Gasteiger partial charge on any atom is 0.123 e. The molecule has 0 saturated heterocycles. The third-order valence-corrected chi connectivity index (χ3v) is 5.82. The number of nitrogens with zero attached hydrogens (tertiary/aromatic N) is 2. The van der Waals surface area contributed by atoms with E-state index >= 15 is 0 Å². The molecule has 0 saturated carbocycles. The number of benzene rings is 2. The summed E-state index contributed by atoms with van der Waals surface area (Å²) in [7, 11) is 0. The lowest BCUT2D eigenvalue weighted by atomic mass is 10.1. The van der Waals surface area contributed by atoms with E-state index in [9.17, 15) is 4.39 Å².